The standard InChI is InChI=1S/C30H34ClN5O2.CH5N/c1-23-8-16-28(17-9-23)36(22-38)33-30(34(2)18-5-19-37)35(32-20-24-10-14-27(31)15-11-24)21-26-13-12-25-6-3-4-7-29(25)26;1-2/h3-4,6-11,14-17,19-20,22,26,30,33H,5,12-13,18,21H2,1-2H3;2H2,1H3/b32-20+;. The molecule has 0 spiro atoms. The number of halogens is 1. The summed E-state index contributed by atoms with van der Waals surface area (Å²) >= 11 is 6.08. The van der Waals surface area contributed by atoms with Crippen molar-refractivity contribution >= 4 is 36.2 Å². The normalized spacial score (nSPS) is 14.8. The van der Waals surface area contributed by atoms with Crippen LogP contribution in [-0.2, 0) is 16.0 Å². The second kappa shape index (κ2) is 15.9. The smallest absolute Gasteiger partial charge is 0.228 e. The van der Waals surface area contributed by atoms with Crippen molar-refractivity contribution in [3.05, 3.63) is 100 Å². The number of carbonyl (C=O) groups excluding carboxylic acids is 2. The molecule has 3 aromatic carbocycles. The minimum Gasteiger partial charge on any atom is -0.333 e. The number of rotatable bonds is 13. The molecule has 3 aromatic rings. The zero-order valence-corrected chi connectivity index (χ0v) is 24.2. The quantitative estimate of drug-likeness (QED) is 0.137. The first-order chi connectivity index (χ1) is 19.5. The molecule has 9 heteroatoms. The fraction of sp³-hybridized carbons (Fsp3) is 0.323. The van der Waals surface area contributed by atoms with Gasteiger partial charge in [-0.3, -0.25) is 14.7 Å². The van der Waals surface area contributed by atoms with Gasteiger partial charge in [-0.2, -0.15) is 10.5 Å². The van der Waals surface area contributed by atoms with Gasteiger partial charge in [-0.05, 0) is 74.8 Å². The Kier molecular flexibility index (Phi) is 12.3. The molecule has 212 valence electrons. The number of fused-ring (bicyclic) bond motifs is 1. The Morgan fingerprint density at radius 2 is 1.75 bits per heavy atom. The van der Waals surface area contributed by atoms with Gasteiger partial charge in [-0.1, -0.05) is 65.7 Å². The topological polar surface area (TPSA) is 94.3 Å². The van der Waals surface area contributed by atoms with E-state index in [1.165, 1.54) is 23.2 Å². The lowest BCUT2D eigenvalue weighted by Gasteiger charge is -2.39. The molecule has 1 amide bonds. The molecular weight excluding hydrogens is 524 g/mol. The van der Waals surface area contributed by atoms with Crippen LogP contribution in [0, 0.1) is 6.92 Å². The molecule has 4 rings (SSSR count). The van der Waals surface area contributed by atoms with E-state index in [0.717, 1.165) is 36.7 Å². The largest absolute Gasteiger partial charge is 0.333 e. The van der Waals surface area contributed by atoms with Crippen molar-refractivity contribution in [2.45, 2.75) is 38.4 Å². The van der Waals surface area contributed by atoms with Gasteiger partial charge in [0.15, 0.2) is 6.29 Å². The molecule has 0 saturated carbocycles. The fourth-order valence-corrected chi connectivity index (χ4v) is 4.85. The molecule has 0 fully saturated rings. The molecule has 0 saturated heterocycles. The van der Waals surface area contributed by atoms with Crippen LogP contribution in [-0.4, -0.2) is 62.3 Å². The lowest BCUT2D eigenvalue weighted by atomic mass is 10.0. The molecule has 0 heterocycles. The molecule has 0 aliphatic heterocycles. The molecule has 2 atom stereocenters. The van der Waals surface area contributed by atoms with E-state index in [0.29, 0.717) is 30.2 Å². The Hall–Kier alpha value is -3.56. The molecule has 0 aromatic heterocycles. The highest BCUT2D eigenvalue weighted by atomic mass is 35.5. The van der Waals surface area contributed by atoms with E-state index in [-0.39, 0.29) is 5.92 Å². The van der Waals surface area contributed by atoms with Gasteiger partial charge in [0.25, 0.3) is 0 Å². The SMILES string of the molecule is CN.Cc1ccc(N(C=O)NC(N(C)CCC=O)N(CC2CCc3ccccc32)/N=C/c2ccc(Cl)cc2)cc1. The van der Waals surface area contributed by atoms with Gasteiger partial charge >= 0.3 is 0 Å². The van der Waals surface area contributed by atoms with E-state index in [4.69, 9.17) is 16.7 Å². The second-order valence-electron chi connectivity index (χ2n) is 9.60. The molecule has 40 heavy (non-hydrogen) atoms. The third-order valence-corrected chi connectivity index (χ3v) is 7.11. The lowest BCUT2D eigenvalue weighted by molar-refractivity contribution is -0.110. The zero-order valence-electron chi connectivity index (χ0n) is 23.4. The minimum absolute atomic E-state index is 0.279. The Bertz CT molecular complexity index is 1240. The van der Waals surface area contributed by atoms with Crippen molar-refractivity contribution < 1.29 is 9.59 Å². The number of hydrogen-bond donors (Lipinski definition) is 2. The monoisotopic (exact) mass is 562 g/mol. The Labute approximate surface area is 242 Å². The van der Waals surface area contributed by atoms with Crippen LogP contribution < -0.4 is 16.2 Å². The van der Waals surface area contributed by atoms with Crippen LogP contribution in [0.5, 0.6) is 0 Å². The van der Waals surface area contributed by atoms with Crippen LogP contribution in [0.1, 0.15) is 41.0 Å². The maximum absolute atomic E-state index is 12.2. The van der Waals surface area contributed by atoms with E-state index in [9.17, 15) is 9.59 Å². The maximum Gasteiger partial charge on any atom is 0.228 e. The van der Waals surface area contributed by atoms with Crippen LogP contribution in [0.25, 0.3) is 0 Å². The van der Waals surface area contributed by atoms with Crippen molar-refractivity contribution in [1.82, 2.24) is 15.3 Å². The Morgan fingerprint density at radius 1 is 1.05 bits per heavy atom. The summed E-state index contributed by atoms with van der Waals surface area (Å²) in [5, 5.41) is 9.01. The van der Waals surface area contributed by atoms with E-state index in [2.05, 4.69) is 35.4 Å². The number of carbonyl (C=O) groups is 2. The summed E-state index contributed by atoms with van der Waals surface area (Å²) in [4.78, 5) is 25.4. The lowest BCUT2D eigenvalue weighted by Crippen LogP contribution is -2.60. The van der Waals surface area contributed by atoms with Crippen LogP contribution >= 0.6 is 11.6 Å². The summed E-state index contributed by atoms with van der Waals surface area (Å²) in [5.41, 5.74) is 13.3. The first-order valence-corrected chi connectivity index (χ1v) is 13.8. The van der Waals surface area contributed by atoms with E-state index >= 15 is 0 Å². The summed E-state index contributed by atoms with van der Waals surface area (Å²) in [6.07, 6.45) is 5.37. The average Bonchev–Trinajstić information content (AvgIpc) is 3.40. The number of nitrogens with zero attached hydrogens (tertiary/aromatic N) is 4. The number of nitrogens with one attached hydrogen (secondary N) is 1. The van der Waals surface area contributed by atoms with Crippen LogP contribution in [0.15, 0.2) is 77.9 Å². The maximum atomic E-state index is 12.2. The molecule has 0 bridgehead atoms. The number of anilines is 1. The van der Waals surface area contributed by atoms with Gasteiger partial charge in [0, 0.05) is 30.5 Å². The predicted molar refractivity (Wildman–Crippen MR) is 163 cm³/mol. The number of benzene rings is 3. The van der Waals surface area contributed by atoms with E-state index in [1.807, 2.05) is 72.4 Å². The number of hydrogen-bond acceptors (Lipinski definition) is 7. The molecular formula is C31H39ClN6O2. The number of aryl methyl sites for hydroxylation is 2. The van der Waals surface area contributed by atoms with Crippen LogP contribution in [0.3, 0.4) is 0 Å². The highest BCUT2D eigenvalue weighted by Gasteiger charge is 2.30. The van der Waals surface area contributed by atoms with Gasteiger partial charge in [0.05, 0.1) is 11.9 Å². The minimum atomic E-state index is -0.502. The number of nitrogens with two attached hydrogens (primary N) is 1. The number of hydrazone groups is 1. The van der Waals surface area contributed by atoms with Gasteiger partial charge < -0.3 is 10.5 Å². The van der Waals surface area contributed by atoms with Gasteiger partial charge in [-0.15, -0.1) is 0 Å². The average molecular weight is 563 g/mol. The second-order valence-corrected chi connectivity index (χ2v) is 10.0. The summed E-state index contributed by atoms with van der Waals surface area (Å²) in [6.45, 7) is 3.13. The predicted octanol–water partition coefficient (Wildman–Crippen LogP) is 4.56. The molecule has 1 aliphatic carbocycles. The zero-order chi connectivity index (χ0) is 28.9. The molecule has 8 nitrogen and oxygen atoms in total. The highest BCUT2D eigenvalue weighted by molar-refractivity contribution is 6.30. The number of amides is 1. The van der Waals surface area contributed by atoms with E-state index < -0.39 is 6.29 Å². The third kappa shape index (κ3) is 8.47. The molecule has 2 unspecified atom stereocenters. The Morgan fingerprint density at radius 3 is 2.42 bits per heavy atom. The fourth-order valence-electron chi connectivity index (χ4n) is 4.73. The summed E-state index contributed by atoms with van der Waals surface area (Å²) < 4.78 is 0. The van der Waals surface area contributed by atoms with Crippen LogP contribution in [0.4, 0.5) is 5.69 Å². The van der Waals surface area contributed by atoms with Crippen LogP contribution in [0.2, 0.25) is 5.02 Å². The first-order valence-electron chi connectivity index (χ1n) is 13.4. The Balaban J connectivity index is 0.00000216. The van der Waals surface area contributed by atoms with Gasteiger partial charge in [0.2, 0.25) is 6.41 Å². The van der Waals surface area contributed by atoms with Gasteiger partial charge in [-0.25, -0.2) is 5.01 Å². The number of aldehydes is 1. The van der Waals surface area contributed by atoms with Crippen molar-refractivity contribution in [2.75, 3.05) is 32.2 Å². The first kappa shape index (κ1) is 31.0. The number of hydrazine groups is 1. The molecule has 3 N–H and O–H groups in total. The van der Waals surface area contributed by atoms with E-state index in [1.54, 1.807) is 6.21 Å². The van der Waals surface area contributed by atoms with Gasteiger partial charge in [0.1, 0.15) is 6.29 Å². The van der Waals surface area contributed by atoms with Crippen molar-refractivity contribution in [3.8, 4) is 0 Å². The van der Waals surface area contributed by atoms with Crippen molar-refractivity contribution in [2.24, 2.45) is 10.8 Å². The van der Waals surface area contributed by atoms with Crippen molar-refractivity contribution in [3.63, 3.8) is 0 Å². The van der Waals surface area contributed by atoms with Crippen molar-refractivity contribution in [1.29, 1.82) is 0 Å². The third-order valence-electron chi connectivity index (χ3n) is 6.86. The highest BCUT2D eigenvalue weighted by Crippen LogP contribution is 2.34. The molecule has 1 aliphatic rings. The summed E-state index contributed by atoms with van der Waals surface area (Å²) in [6, 6.07) is 23.8. The summed E-state index contributed by atoms with van der Waals surface area (Å²) in [5.74, 6) is 0.279. The summed E-state index contributed by atoms with van der Waals surface area (Å²) in [7, 11) is 3.42. The molecule has 0 radical (unpaired) electrons.